The predicted octanol–water partition coefficient (Wildman–Crippen LogP) is 12.7. The molecule has 0 saturated carbocycles. The van der Waals surface area contributed by atoms with Gasteiger partial charge in [0.2, 0.25) is 0 Å². The van der Waals surface area contributed by atoms with Crippen LogP contribution in [0.4, 0.5) is 0 Å². The van der Waals surface area contributed by atoms with Gasteiger partial charge >= 0.3 is 0 Å². The summed E-state index contributed by atoms with van der Waals surface area (Å²) in [6.45, 7) is 0. The summed E-state index contributed by atoms with van der Waals surface area (Å²) in [5.41, 5.74) is 12.6. The van der Waals surface area contributed by atoms with Crippen molar-refractivity contribution in [2.45, 2.75) is 0 Å². The van der Waals surface area contributed by atoms with E-state index >= 15 is 0 Å². The number of fused-ring (bicyclic) bond motifs is 9. The van der Waals surface area contributed by atoms with Crippen molar-refractivity contribution in [1.82, 2.24) is 19.5 Å². The summed E-state index contributed by atoms with van der Waals surface area (Å²) in [6.07, 6.45) is 0. The largest absolute Gasteiger partial charge is 0.456 e. The van der Waals surface area contributed by atoms with E-state index in [4.69, 9.17) is 19.4 Å². The van der Waals surface area contributed by atoms with E-state index in [1.807, 2.05) is 30.3 Å². The smallest absolute Gasteiger partial charge is 0.166 e. The van der Waals surface area contributed by atoms with Crippen molar-refractivity contribution in [2.24, 2.45) is 0 Å². The van der Waals surface area contributed by atoms with E-state index in [-0.39, 0.29) is 0 Å². The number of nitrogens with zero attached hydrogens (tertiary/aromatic N) is 4. The number of hydrogen-bond acceptors (Lipinski definition) is 4. The molecule has 3 heterocycles. The fraction of sp³-hybridized carbons (Fsp3) is 0. The van der Waals surface area contributed by atoms with Gasteiger partial charge in [-0.2, -0.15) is 0 Å². The van der Waals surface area contributed by atoms with Crippen LogP contribution in [0.2, 0.25) is 0 Å². The molecule has 5 nitrogen and oxygen atoms in total. The number of aromatic nitrogens is 4. The summed E-state index contributed by atoms with van der Waals surface area (Å²) in [5.74, 6) is 1.81. The van der Waals surface area contributed by atoms with Crippen LogP contribution in [0.15, 0.2) is 174 Å². The Morgan fingerprint density at radius 1 is 0.370 bits per heavy atom. The molecule has 12 rings (SSSR count). The third-order valence-corrected chi connectivity index (χ3v) is 11.0. The SMILES string of the molecule is c1ccc2c(c1)-c1cccc3cc(-c4nc(-c5ccccc5-n5c6ccccc6c6ccccc65)nc(-c5cccc6oc7ccccc7c56)n4)cc-2c13. The summed E-state index contributed by atoms with van der Waals surface area (Å²) in [5, 5.41) is 6.85. The zero-order valence-corrected chi connectivity index (χ0v) is 28.9. The first-order valence-corrected chi connectivity index (χ1v) is 18.2. The number of hydrogen-bond donors (Lipinski definition) is 0. The Balaban J connectivity index is 1.16. The Labute approximate surface area is 309 Å². The summed E-state index contributed by atoms with van der Waals surface area (Å²) in [4.78, 5) is 16.0. The normalized spacial score (nSPS) is 12.1. The van der Waals surface area contributed by atoms with Crippen molar-refractivity contribution in [3.63, 3.8) is 0 Å². The monoisotopic (exact) mass is 688 g/mol. The second-order valence-electron chi connectivity index (χ2n) is 13.9. The third-order valence-electron chi connectivity index (χ3n) is 11.0. The summed E-state index contributed by atoms with van der Waals surface area (Å²) in [6, 6.07) is 59.6. The molecule has 0 spiro atoms. The molecule has 250 valence electrons. The number of rotatable bonds is 4. The van der Waals surface area contributed by atoms with Crippen LogP contribution in [0.5, 0.6) is 0 Å². The van der Waals surface area contributed by atoms with Gasteiger partial charge in [-0.3, -0.25) is 0 Å². The average Bonchev–Trinajstić information content (AvgIpc) is 3.89. The maximum atomic E-state index is 6.34. The highest BCUT2D eigenvalue weighted by Gasteiger charge is 2.24. The van der Waals surface area contributed by atoms with Crippen LogP contribution in [-0.2, 0) is 0 Å². The zero-order chi connectivity index (χ0) is 35.3. The van der Waals surface area contributed by atoms with E-state index in [2.05, 4.69) is 144 Å². The minimum absolute atomic E-state index is 0.592. The van der Waals surface area contributed by atoms with Crippen LogP contribution in [-0.4, -0.2) is 19.5 Å². The van der Waals surface area contributed by atoms with Gasteiger partial charge in [0, 0.05) is 38.2 Å². The molecule has 0 N–H and O–H groups in total. The summed E-state index contributed by atoms with van der Waals surface area (Å²) < 4.78 is 8.67. The molecule has 5 heteroatoms. The van der Waals surface area contributed by atoms with Gasteiger partial charge < -0.3 is 8.98 Å². The summed E-state index contributed by atoms with van der Waals surface area (Å²) in [7, 11) is 0. The Morgan fingerprint density at radius 2 is 0.926 bits per heavy atom. The highest BCUT2D eigenvalue weighted by atomic mass is 16.3. The van der Waals surface area contributed by atoms with Gasteiger partial charge in [-0.25, -0.2) is 15.0 Å². The van der Waals surface area contributed by atoms with Crippen molar-refractivity contribution >= 4 is 54.5 Å². The maximum absolute atomic E-state index is 6.34. The van der Waals surface area contributed by atoms with Gasteiger partial charge in [-0.1, -0.05) is 121 Å². The third kappa shape index (κ3) is 4.12. The first-order chi connectivity index (χ1) is 26.8. The standard InChI is InChI=1S/C49H28N4O/c1-2-15-32-31(14-1)35-20-11-13-29-27-30(28-39(32)45(29)35)47-50-48(52-49(51-47)38-21-12-26-44-46(38)37-19-6-10-25-43(37)54-44)36-18-5-9-24-42(36)53-40-22-7-3-16-33(40)34-17-4-8-23-41(34)53/h1-28H. The van der Waals surface area contributed by atoms with E-state index in [9.17, 15) is 0 Å². The number of para-hydroxylation sites is 4. The average molecular weight is 689 g/mol. The van der Waals surface area contributed by atoms with Crippen LogP contribution in [0.25, 0.3) is 117 Å². The molecule has 0 amide bonds. The number of benzene rings is 8. The molecular formula is C49H28N4O. The molecule has 8 aromatic carbocycles. The van der Waals surface area contributed by atoms with Gasteiger partial charge in [0.05, 0.1) is 16.7 Å². The molecule has 1 aliphatic rings. The van der Waals surface area contributed by atoms with Crippen molar-refractivity contribution in [3.05, 3.63) is 170 Å². The van der Waals surface area contributed by atoms with Crippen molar-refractivity contribution in [3.8, 4) is 62.1 Å². The lowest BCUT2D eigenvalue weighted by Crippen LogP contribution is -2.04. The van der Waals surface area contributed by atoms with Gasteiger partial charge in [-0.05, 0) is 81.6 Å². The predicted molar refractivity (Wildman–Crippen MR) is 220 cm³/mol. The Kier molecular flexibility index (Phi) is 5.99. The van der Waals surface area contributed by atoms with Gasteiger partial charge in [-0.15, -0.1) is 0 Å². The summed E-state index contributed by atoms with van der Waals surface area (Å²) >= 11 is 0. The molecular weight excluding hydrogens is 661 g/mol. The number of furan rings is 1. The minimum Gasteiger partial charge on any atom is -0.456 e. The van der Waals surface area contributed by atoms with Crippen molar-refractivity contribution in [1.29, 1.82) is 0 Å². The minimum atomic E-state index is 0.592. The Hall–Kier alpha value is -7.37. The first kappa shape index (κ1) is 29.2. The Bertz CT molecular complexity index is 3300. The van der Waals surface area contributed by atoms with Gasteiger partial charge in [0.1, 0.15) is 11.2 Å². The molecule has 0 saturated heterocycles. The van der Waals surface area contributed by atoms with E-state index in [1.165, 1.54) is 38.4 Å². The lowest BCUT2D eigenvalue weighted by Gasteiger charge is -2.15. The molecule has 0 radical (unpaired) electrons. The Morgan fingerprint density at radius 3 is 1.72 bits per heavy atom. The fourth-order valence-corrected chi connectivity index (χ4v) is 8.69. The van der Waals surface area contributed by atoms with Crippen molar-refractivity contribution < 1.29 is 4.42 Å². The van der Waals surface area contributed by atoms with Crippen LogP contribution < -0.4 is 0 Å². The fourth-order valence-electron chi connectivity index (χ4n) is 8.69. The first-order valence-electron chi connectivity index (χ1n) is 18.2. The highest BCUT2D eigenvalue weighted by Crippen LogP contribution is 2.48. The molecule has 0 unspecified atom stereocenters. The molecule has 11 aromatic rings. The molecule has 3 aromatic heterocycles. The van der Waals surface area contributed by atoms with Gasteiger partial charge in [0.25, 0.3) is 0 Å². The molecule has 0 fully saturated rings. The van der Waals surface area contributed by atoms with Crippen LogP contribution in [0.3, 0.4) is 0 Å². The maximum Gasteiger partial charge on any atom is 0.166 e. The van der Waals surface area contributed by atoms with Crippen LogP contribution in [0, 0.1) is 0 Å². The molecule has 0 aliphatic heterocycles. The van der Waals surface area contributed by atoms with Gasteiger partial charge in [0.15, 0.2) is 17.5 Å². The topological polar surface area (TPSA) is 56.7 Å². The van der Waals surface area contributed by atoms with Crippen LogP contribution >= 0.6 is 0 Å². The second kappa shape index (κ2) is 11.1. The molecule has 0 bridgehead atoms. The van der Waals surface area contributed by atoms with E-state index in [0.29, 0.717) is 17.5 Å². The lowest BCUT2D eigenvalue weighted by atomic mass is 9.99. The van der Waals surface area contributed by atoms with E-state index < -0.39 is 0 Å². The molecule has 0 atom stereocenters. The van der Waals surface area contributed by atoms with Crippen LogP contribution in [0.1, 0.15) is 0 Å². The molecule has 1 aliphatic carbocycles. The quantitative estimate of drug-likeness (QED) is 0.185. The van der Waals surface area contributed by atoms with Crippen molar-refractivity contribution in [2.75, 3.05) is 0 Å². The van der Waals surface area contributed by atoms with E-state index in [0.717, 1.165) is 60.7 Å². The zero-order valence-electron chi connectivity index (χ0n) is 28.9. The second-order valence-corrected chi connectivity index (χ2v) is 13.9. The lowest BCUT2D eigenvalue weighted by molar-refractivity contribution is 0.669. The highest BCUT2D eigenvalue weighted by molar-refractivity contribution is 6.17. The van der Waals surface area contributed by atoms with E-state index in [1.54, 1.807) is 0 Å². The molecule has 54 heavy (non-hydrogen) atoms.